The normalized spacial score (nSPS) is 19.2. The van der Waals surface area contributed by atoms with Crippen LogP contribution in [0.4, 0.5) is 18.9 Å². The summed E-state index contributed by atoms with van der Waals surface area (Å²) in [5.41, 5.74) is -0.682. The highest BCUT2D eigenvalue weighted by atomic mass is 19.4. The summed E-state index contributed by atoms with van der Waals surface area (Å²) in [5, 5.41) is 19.0. The minimum absolute atomic E-state index is 0.0159. The zero-order chi connectivity index (χ0) is 16.5. The average Bonchev–Trinajstić information content (AvgIpc) is 2.72. The fourth-order valence-electron chi connectivity index (χ4n) is 2.48. The van der Waals surface area contributed by atoms with Gasteiger partial charge in [-0.05, 0) is 26.7 Å². The van der Waals surface area contributed by atoms with Crippen molar-refractivity contribution in [1.82, 2.24) is 15.1 Å². The van der Waals surface area contributed by atoms with Crippen LogP contribution in [0.25, 0.3) is 0 Å². The van der Waals surface area contributed by atoms with Gasteiger partial charge in [0.15, 0.2) is 5.60 Å². The molecule has 1 amide bonds. The van der Waals surface area contributed by atoms with Gasteiger partial charge in [-0.1, -0.05) is 0 Å². The van der Waals surface area contributed by atoms with Gasteiger partial charge < -0.3 is 10.4 Å². The number of nitrogens with one attached hydrogen (secondary N) is 2. The van der Waals surface area contributed by atoms with Crippen LogP contribution in [0, 0.1) is 13.8 Å². The minimum Gasteiger partial charge on any atom is -0.380 e. The van der Waals surface area contributed by atoms with Crippen LogP contribution in [0.2, 0.25) is 0 Å². The molecule has 3 N–H and O–H groups in total. The van der Waals surface area contributed by atoms with E-state index in [0.717, 1.165) is 5.69 Å². The molecule has 0 spiro atoms. The van der Waals surface area contributed by atoms with E-state index in [9.17, 15) is 23.1 Å². The Morgan fingerprint density at radius 2 is 2.00 bits per heavy atom. The van der Waals surface area contributed by atoms with E-state index < -0.39 is 24.6 Å². The summed E-state index contributed by atoms with van der Waals surface area (Å²) in [5.74, 6) is -0.315. The summed E-state index contributed by atoms with van der Waals surface area (Å²) in [4.78, 5) is 13.6. The first-order valence-electron chi connectivity index (χ1n) is 6.95. The molecule has 0 radical (unpaired) electrons. The summed E-state index contributed by atoms with van der Waals surface area (Å²) in [6.07, 6.45) is -5.48. The maximum atomic E-state index is 12.7. The number of alkyl halides is 3. The van der Waals surface area contributed by atoms with Crippen LogP contribution < -0.4 is 5.32 Å². The lowest BCUT2D eigenvalue weighted by Gasteiger charge is -2.38. The van der Waals surface area contributed by atoms with E-state index in [2.05, 4.69) is 15.5 Å². The number of anilines is 1. The molecule has 9 heteroatoms. The third-order valence-electron chi connectivity index (χ3n) is 3.97. The van der Waals surface area contributed by atoms with E-state index in [1.54, 1.807) is 18.7 Å². The second kappa shape index (κ2) is 5.88. The van der Waals surface area contributed by atoms with Gasteiger partial charge in [0.05, 0.1) is 23.6 Å². The molecule has 2 rings (SSSR count). The number of likely N-dealkylation sites (tertiary alicyclic amines) is 1. The van der Waals surface area contributed by atoms with Gasteiger partial charge in [0.2, 0.25) is 5.91 Å². The molecule has 0 saturated carbocycles. The number of hydrogen-bond donors (Lipinski definition) is 3. The predicted molar refractivity (Wildman–Crippen MR) is 73.4 cm³/mol. The molecule has 1 aliphatic rings. The number of aromatic nitrogens is 2. The molecule has 1 aliphatic heterocycles. The second-order valence-corrected chi connectivity index (χ2v) is 5.66. The molecule has 0 aliphatic carbocycles. The van der Waals surface area contributed by atoms with Gasteiger partial charge in [-0.2, -0.15) is 18.3 Å². The van der Waals surface area contributed by atoms with Gasteiger partial charge in [0, 0.05) is 13.1 Å². The SMILES string of the molecule is Cc1n[nH]c(C)c1NC(=O)CN1CCC(O)(C(F)(F)F)CC1. The van der Waals surface area contributed by atoms with E-state index in [0.29, 0.717) is 11.4 Å². The van der Waals surface area contributed by atoms with E-state index >= 15 is 0 Å². The minimum atomic E-state index is -4.63. The molecule has 124 valence electrons. The Bertz CT molecular complexity index is 528. The summed E-state index contributed by atoms with van der Waals surface area (Å²) < 4.78 is 38.1. The van der Waals surface area contributed by atoms with E-state index in [1.807, 2.05) is 0 Å². The zero-order valence-electron chi connectivity index (χ0n) is 12.4. The first-order valence-corrected chi connectivity index (χ1v) is 6.95. The highest BCUT2D eigenvalue weighted by Gasteiger charge is 2.54. The number of piperidine rings is 1. The maximum absolute atomic E-state index is 12.7. The number of aryl methyl sites for hydroxylation is 2. The van der Waals surface area contributed by atoms with E-state index in [4.69, 9.17) is 0 Å². The van der Waals surface area contributed by atoms with Crippen LogP contribution in [-0.2, 0) is 4.79 Å². The van der Waals surface area contributed by atoms with E-state index in [1.165, 1.54) is 0 Å². The number of carbonyl (C=O) groups is 1. The standard InChI is InChI=1S/C13H19F3N4O2/c1-8-11(9(2)19-18-8)17-10(21)7-20-5-3-12(22,4-6-20)13(14,15)16/h22H,3-7H2,1-2H3,(H,17,21)(H,18,19). The maximum Gasteiger partial charge on any atom is 0.417 e. The summed E-state index contributed by atoms with van der Waals surface area (Å²) in [7, 11) is 0. The predicted octanol–water partition coefficient (Wildman–Crippen LogP) is 1.35. The van der Waals surface area contributed by atoms with E-state index in [-0.39, 0.29) is 25.5 Å². The van der Waals surface area contributed by atoms with Crippen LogP contribution in [0.1, 0.15) is 24.2 Å². The lowest BCUT2D eigenvalue weighted by molar-refractivity contribution is -0.272. The molecule has 2 heterocycles. The van der Waals surface area contributed by atoms with Crippen molar-refractivity contribution in [1.29, 1.82) is 0 Å². The van der Waals surface area contributed by atoms with Crippen molar-refractivity contribution in [3.05, 3.63) is 11.4 Å². The molecule has 0 aromatic carbocycles. The van der Waals surface area contributed by atoms with Gasteiger partial charge >= 0.3 is 6.18 Å². The van der Waals surface area contributed by atoms with Gasteiger partial charge in [-0.3, -0.25) is 14.8 Å². The number of rotatable bonds is 3. The molecule has 22 heavy (non-hydrogen) atoms. The van der Waals surface area contributed by atoms with Crippen molar-refractivity contribution in [2.24, 2.45) is 0 Å². The topological polar surface area (TPSA) is 81.2 Å². The highest BCUT2D eigenvalue weighted by Crippen LogP contribution is 2.38. The van der Waals surface area contributed by atoms with Crippen molar-refractivity contribution < 1.29 is 23.1 Å². The Morgan fingerprint density at radius 3 is 2.45 bits per heavy atom. The third-order valence-corrected chi connectivity index (χ3v) is 3.97. The van der Waals surface area contributed by atoms with Crippen LogP contribution in [0.15, 0.2) is 0 Å². The Balaban J connectivity index is 1.87. The molecule has 0 unspecified atom stereocenters. The lowest BCUT2D eigenvalue weighted by Crippen LogP contribution is -2.54. The number of aliphatic hydroxyl groups is 1. The number of hydrogen-bond acceptors (Lipinski definition) is 4. The first-order chi connectivity index (χ1) is 10.1. The monoisotopic (exact) mass is 320 g/mol. The number of nitrogens with zero attached hydrogens (tertiary/aromatic N) is 2. The third kappa shape index (κ3) is 3.41. The van der Waals surface area contributed by atoms with Crippen molar-refractivity contribution in [2.75, 3.05) is 25.0 Å². The Morgan fingerprint density at radius 1 is 1.41 bits per heavy atom. The number of amides is 1. The zero-order valence-corrected chi connectivity index (χ0v) is 12.4. The molecule has 1 aromatic rings. The largest absolute Gasteiger partial charge is 0.417 e. The van der Waals surface area contributed by atoms with Crippen LogP contribution in [0.3, 0.4) is 0 Å². The number of halogens is 3. The van der Waals surface area contributed by atoms with Crippen molar-refractivity contribution in [3.8, 4) is 0 Å². The quantitative estimate of drug-likeness (QED) is 0.785. The second-order valence-electron chi connectivity index (χ2n) is 5.66. The van der Waals surface area contributed by atoms with Crippen molar-refractivity contribution >= 4 is 11.6 Å². The molecule has 6 nitrogen and oxygen atoms in total. The highest BCUT2D eigenvalue weighted by molar-refractivity contribution is 5.93. The number of H-pyrrole nitrogens is 1. The van der Waals surface area contributed by atoms with Crippen LogP contribution in [-0.4, -0.2) is 57.5 Å². The fraction of sp³-hybridized carbons (Fsp3) is 0.692. The number of carbonyl (C=O) groups excluding carboxylic acids is 1. The van der Waals surface area contributed by atoms with Gasteiger partial charge in [-0.25, -0.2) is 0 Å². The van der Waals surface area contributed by atoms with Gasteiger partial charge in [-0.15, -0.1) is 0 Å². The summed E-state index contributed by atoms with van der Waals surface area (Å²) in [6, 6.07) is 0. The average molecular weight is 320 g/mol. The molecule has 0 bridgehead atoms. The summed E-state index contributed by atoms with van der Waals surface area (Å²) in [6.45, 7) is 3.53. The molecule has 1 saturated heterocycles. The van der Waals surface area contributed by atoms with Gasteiger partial charge in [0.25, 0.3) is 0 Å². The lowest BCUT2D eigenvalue weighted by atomic mass is 9.91. The summed E-state index contributed by atoms with van der Waals surface area (Å²) >= 11 is 0. The Labute approximate surface area is 125 Å². The van der Waals surface area contributed by atoms with Crippen LogP contribution >= 0.6 is 0 Å². The van der Waals surface area contributed by atoms with Crippen molar-refractivity contribution in [2.45, 2.75) is 38.5 Å². The molecule has 0 atom stereocenters. The molecule has 1 fully saturated rings. The first kappa shape index (κ1) is 16.8. The Hall–Kier alpha value is -1.61. The number of aromatic amines is 1. The fourth-order valence-corrected chi connectivity index (χ4v) is 2.48. The molecular formula is C13H19F3N4O2. The molecular weight excluding hydrogens is 301 g/mol. The van der Waals surface area contributed by atoms with Crippen LogP contribution in [0.5, 0.6) is 0 Å². The van der Waals surface area contributed by atoms with Gasteiger partial charge in [0.1, 0.15) is 0 Å². The smallest absolute Gasteiger partial charge is 0.380 e. The Kier molecular flexibility index (Phi) is 4.48. The van der Waals surface area contributed by atoms with Crippen molar-refractivity contribution in [3.63, 3.8) is 0 Å². The molecule has 1 aromatic heterocycles.